The zero-order chi connectivity index (χ0) is 12.7. The van der Waals surface area contributed by atoms with Crippen LogP contribution in [-0.4, -0.2) is 21.0 Å². The molecule has 1 N–H and O–H groups in total. The first-order valence-corrected chi connectivity index (χ1v) is 6.24. The molecule has 18 heavy (non-hydrogen) atoms. The molecule has 2 heterocycles. The van der Waals surface area contributed by atoms with Crippen molar-refractivity contribution < 1.29 is 9.52 Å². The SMILES string of the molecule is CCc1nn(C[C@@H](C)O)c2c1ccc1occc12. The Morgan fingerprint density at radius 2 is 2.17 bits per heavy atom. The average molecular weight is 244 g/mol. The molecule has 0 amide bonds. The van der Waals surface area contributed by atoms with Crippen LogP contribution in [0.2, 0.25) is 0 Å². The van der Waals surface area contributed by atoms with Gasteiger partial charge in [0.25, 0.3) is 0 Å². The lowest BCUT2D eigenvalue weighted by Gasteiger charge is -2.06. The van der Waals surface area contributed by atoms with Crippen LogP contribution < -0.4 is 0 Å². The third kappa shape index (κ3) is 1.61. The van der Waals surface area contributed by atoms with Gasteiger partial charge in [0.2, 0.25) is 0 Å². The summed E-state index contributed by atoms with van der Waals surface area (Å²) in [5.74, 6) is 0. The van der Waals surface area contributed by atoms with Crippen molar-refractivity contribution in [3.05, 3.63) is 30.2 Å². The van der Waals surface area contributed by atoms with Crippen LogP contribution in [0.1, 0.15) is 19.5 Å². The minimum atomic E-state index is -0.417. The normalized spacial score (nSPS) is 13.5. The van der Waals surface area contributed by atoms with E-state index in [1.807, 2.05) is 22.9 Å². The van der Waals surface area contributed by atoms with E-state index in [0.717, 1.165) is 34.0 Å². The number of benzene rings is 1. The Bertz CT molecular complexity index is 694. The fourth-order valence-electron chi connectivity index (χ4n) is 2.43. The molecule has 0 aliphatic rings. The summed E-state index contributed by atoms with van der Waals surface area (Å²) in [7, 11) is 0. The first-order valence-electron chi connectivity index (χ1n) is 6.24. The van der Waals surface area contributed by atoms with Crippen molar-refractivity contribution in [2.75, 3.05) is 0 Å². The third-order valence-electron chi connectivity index (χ3n) is 3.19. The summed E-state index contributed by atoms with van der Waals surface area (Å²) in [6.07, 6.45) is 2.15. The zero-order valence-corrected chi connectivity index (χ0v) is 10.6. The van der Waals surface area contributed by atoms with Gasteiger partial charge in [-0.2, -0.15) is 5.10 Å². The number of nitrogens with zero attached hydrogens (tertiary/aromatic N) is 2. The van der Waals surface area contributed by atoms with E-state index in [1.54, 1.807) is 13.2 Å². The fraction of sp³-hybridized carbons (Fsp3) is 0.357. The molecule has 0 aliphatic heterocycles. The average Bonchev–Trinajstić information content (AvgIpc) is 2.91. The van der Waals surface area contributed by atoms with Gasteiger partial charge in [-0.25, -0.2) is 0 Å². The number of fused-ring (bicyclic) bond motifs is 3. The molecule has 0 radical (unpaired) electrons. The number of furan rings is 1. The number of aliphatic hydroxyl groups excluding tert-OH is 1. The fourth-order valence-corrected chi connectivity index (χ4v) is 2.43. The number of aromatic nitrogens is 2. The van der Waals surface area contributed by atoms with Gasteiger partial charge in [-0.3, -0.25) is 4.68 Å². The van der Waals surface area contributed by atoms with E-state index in [9.17, 15) is 5.11 Å². The van der Waals surface area contributed by atoms with Crippen LogP contribution in [0, 0.1) is 0 Å². The second-order valence-corrected chi connectivity index (χ2v) is 4.63. The molecule has 4 nitrogen and oxygen atoms in total. The molecule has 0 saturated carbocycles. The molecule has 0 saturated heterocycles. The topological polar surface area (TPSA) is 51.2 Å². The maximum Gasteiger partial charge on any atom is 0.136 e. The van der Waals surface area contributed by atoms with Crippen LogP contribution in [0.5, 0.6) is 0 Å². The van der Waals surface area contributed by atoms with Crippen LogP contribution in [0.4, 0.5) is 0 Å². The number of aliphatic hydroxyl groups is 1. The van der Waals surface area contributed by atoms with Crippen molar-refractivity contribution >= 4 is 21.9 Å². The predicted molar refractivity (Wildman–Crippen MR) is 70.6 cm³/mol. The standard InChI is InChI=1S/C14H16N2O2/c1-3-12-10-4-5-13-11(6-7-18-13)14(10)16(15-12)8-9(2)17/h4-7,9,17H,3,8H2,1-2H3/t9-/m1/s1. The lowest BCUT2D eigenvalue weighted by Crippen LogP contribution is -2.13. The first kappa shape index (κ1) is 11.3. The molecule has 3 aromatic rings. The number of hydrogen-bond donors (Lipinski definition) is 1. The molecular formula is C14H16N2O2. The van der Waals surface area contributed by atoms with Crippen LogP contribution in [0.15, 0.2) is 28.9 Å². The van der Waals surface area contributed by atoms with Crippen molar-refractivity contribution in [2.45, 2.75) is 32.9 Å². The van der Waals surface area contributed by atoms with E-state index in [1.165, 1.54) is 0 Å². The number of rotatable bonds is 3. The van der Waals surface area contributed by atoms with Crippen molar-refractivity contribution in [2.24, 2.45) is 0 Å². The highest BCUT2D eigenvalue weighted by molar-refractivity contribution is 6.04. The second kappa shape index (κ2) is 4.14. The molecule has 0 spiro atoms. The lowest BCUT2D eigenvalue weighted by atomic mass is 10.1. The maximum absolute atomic E-state index is 9.59. The van der Waals surface area contributed by atoms with Gasteiger partial charge in [0.05, 0.1) is 30.1 Å². The Labute approximate surface area is 105 Å². The van der Waals surface area contributed by atoms with Crippen molar-refractivity contribution in [1.82, 2.24) is 9.78 Å². The summed E-state index contributed by atoms with van der Waals surface area (Å²) < 4.78 is 7.31. The summed E-state index contributed by atoms with van der Waals surface area (Å²) in [5, 5.41) is 16.4. The Morgan fingerprint density at radius 3 is 2.89 bits per heavy atom. The van der Waals surface area contributed by atoms with Gasteiger partial charge in [-0.15, -0.1) is 0 Å². The lowest BCUT2D eigenvalue weighted by molar-refractivity contribution is 0.170. The third-order valence-corrected chi connectivity index (χ3v) is 3.19. The van der Waals surface area contributed by atoms with Crippen molar-refractivity contribution in [3.8, 4) is 0 Å². The van der Waals surface area contributed by atoms with Crippen LogP contribution in [-0.2, 0) is 13.0 Å². The molecule has 3 rings (SSSR count). The van der Waals surface area contributed by atoms with Gasteiger partial charge in [-0.1, -0.05) is 6.92 Å². The monoisotopic (exact) mass is 244 g/mol. The van der Waals surface area contributed by atoms with Crippen LogP contribution in [0.3, 0.4) is 0 Å². The molecule has 94 valence electrons. The van der Waals surface area contributed by atoms with Crippen molar-refractivity contribution in [3.63, 3.8) is 0 Å². The highest BCUT2D eigenvalue weighted by atomic mass is 16.3. The molecule has 4 heteroatoms. The van der Waals surface area contributed by atoms with E-state index >= 15 is 0 Å². The first-order chi connectivity index (χ1) is 8.70. The molecular weight excluding hydrogens is 228 g/mol. The Balaban J connectivity index is 2.36. The van der Waals surface area contributed by atoms with Gasteiger partial charge in [0.1, 0.15) is 5.58 Å². The molecule has 1 aromatic carbocycles. The Hall–Kier alpha value is -1.81. The van der Waals surface area contributed by atoms with Crippen LogP contribution >= 0.6 is 0 Å². The highest BCUT2D eigenvalue weighted by Crippen LogP contribution is 2.28. The zero-order valence-electron chi connectivity index (χ0n) is 10.6. The molecule has 0 aliphatic carbocycles. The smallest absolute Gasteiger partial charge is 0.136 e. The largest absolute Gasteiger partial charge is 0.464 e. The van der Waals surface area contributed by atoms with Crippen LogP contribution in [0.25, 0.3) is 21.9 Å². The van der Waals surface area contributed by atoms with E-state index in [0.29, 0.717) is 6.54 Å². The summed E-state index contributed by atoms with van der Waals surface area (Å²) in [5.41, 5.74) is 2.98. The van der Waals surface area contributed by atoms with E-state index in [-0.39, 0.29) is 0 Å². The summed E-state index contributed by atoms with van der Waals surface area (Å²) >= 11 is 0. The number of aryl methyl sites for hydroxylation is 1. The molecule has 0 bridgehead atoms. The molecule has 2 aromatic heterocycles. The van der Waals surface area contributed by atoms with E-state index < -0.39 is 6.10 Å². The molecule has 0 fully saturated rings. The minimum absolute atomic E-state index is 0.417. The molecule has 1 atom stereocenters. The summed E-state index contributed by atoms with van der Waals surface area (Å²) in [6.45, 7) is 4.36. The van der Waals surface area contributed by atoms with Gasteiger partial charge < -0.3 is 9.52 Å². The highest BCUT2D eigenvalue weighted by Gasteiger charge is 2.14. The number of hydrogen-bond acceptors (Lipinski definition) is 3. The predicted octanol–water partition coefficient (Wildman–Crippen LogP) is 2.73. The summed E-state index contributed by atoms with van der Waals surface area (Å²) in [6, 6.07) is 5.98. The van der Waals surface area contributed by atoms with Crippen molar-refractivity contribution in [1.29, 1.82) is 0 Å². The van der Waals surface area contributed by atoms with E-state index in [2.05, 4.69) is 12.0 Å². The quantitative estimate of drug-likeness (QED) is 0.770. The second-order valence-electron chi connectivity index (χ2n) is 4.63. The van der Waals surface area contributed by atoms with Gasteiger partial charge in [0, 0.05) is 10.8 Å². The molecule has 0 unspecified atom stereocenters. The van der Waals surface area contributed by atoms with E-state index in [4.69, 9.17) is 4.42 Å². The Kier molecular flexibility index (Phi) is 2.59. The van der Waals surface area contributed by atoms with Gasteiger partial charge in [0.15, 0.2) is 0 Å². The maximum atomic E-state index is 9.59. The van der Waals surface area contributed by atoms with Gasteiger partial charge >= 0.3 is 0 Å². The van der Waals surface area contributed by atoms with Gasteiger partial charge in [-0.05, 0) is 31.5 Å². The Morgan fingerprint density at radius 1 is 1.33 bits per heavy atom. The summed E-state index contributed by atoms with van der Waals surface area (Å²) in [4.78, 5) is 0. The minimum Gasteiger partial charge on any atom is -0.464 e.